The van der Waals surface area contributed by atoms with Crippen LogP contribution in [0.2, 0.25) is 0 Å². The van der Waals surface area contributed by atoms with E-state index in [-0.39, 0.29) is 5.91 Å². The Bertz CT molecular complexity index is 525. The highest BCUT2D eigenvalue weighted by Crippen LogP contribution is 2.27. The van der Waals surface area contributed by atoms with Gasteiger partial charge >= 0.3 is 0 Å². The maximum absolute atomic E-state index is 12.5. The van der Waals surface area contributed by atoms with Gasteiger partial charge in [0.05, 0.1) is 6.07 Å². The first kappa shape index (κ1) is 14.1. The largest absolute Gasteiger partial charge is 0.339 e. The Hall–Kier alpha value is -1.86. The molecule has 1 amide bonds. The van der Waals surface area contributed by atoms with Crippen molar-refractivity contribution in [3.63, 3.8) is 0 Å². The Kier molecular flexibility index (Phi) is 4.21. The maximum atomic E-state index is 12.5. The second-order valence-corrected chi connectivity index (χ2v) is 5.96. The Morgan fingerprint density at radius 1 is 1.19 bits per heavy atom. The summed E-state index contributed by atoms with van der Waals surface area (Å²) in [5.41, 5.74) is 1.05. The molecule has 3 rings (SSSR count). The van der Waals surface area contributed by atoms with Gasteiger partial charge in [-0.05, 0) is 24.8 Å². The molecule has 1 aliphatic carbocycles. The van der Waals surface area contributed by atoms with E-state index in [1.807, 2.05) is 35.2 Å². The van der Waals surface area contributed by atoms with Gasteiger partial charge in [0.1, 0.15) is 5.92 Å². The van der Waals surface area contributed by atoms with Crippen molar-refractivity contribution in [1.29, 1.82) is 5.26 Å². The average Bonchev–Trinajstić information content (AvgIpc) is 3.38. The van der Waals surface area contributed by atoms with E-state index in [0.717, 1.165) is 37.8 Å². The van der Waals surface area contributed by atoms with Crippen molar-refractivity contribution in [3.8, 4) is 6.07 Å². The van der Waals surface area contributed by atoms with E-state index in [1.165, 1.54) is 12.8 Å². The lowest BCUT2D eigenvalue weighted by Crippen LogP contribution is -2.51. The van der Waals surface area contributed by atoms with Gasteiger partial charge in [0.25, 0.3) is 0 Å². The molecule has 21 heavy (non-hydrogen) atoms. The van der Waals surface area contributed by atoms with Gasteiger partial charge in [-0.15, -0.1) is 0 Å². The van der Waals surface area contributed by atoms with Crippen LogP contribution in [0.5, 0.6) is 0 Å². The number of hydrogen-bond acceptors (Lipinski definition) is 3. The lowest BCUT2D eigenvalue weighted by molar-refractivity contribution is -0.135. The topological polar surface area (TPSA) is 47.3 Å². The molecule has 1 saturated carbocycles. The molecule has 1 unspecified atom stereocenters. The monoisotopic (exact) mass is 283 g/mol. The minimum Gasteiger partial charge on any atom is -0.339 e. The van der Waals surface area contributed by atoms with E-state index in [9.17, 15) is 10.1 Å². The van der Waals surface area contributed by atoms with E-state index < -0.39 is 5.92 Å². The molecule has 1 aromatic carbocycles. The zero-order chi connectivity index (χ0) is 14.7. The third kappa shape index (κ3) is 3.43. The first-order chi connectivity index (χ1) is 10.3. The van der Waals surface area contributed by atoms with Gasteiger partial charge in [-0.25, -0.2) is 0 Å². The maximum Gasteiger partial charge on any atom is 0.240 e. The molecule has 1 saturated heterocycles. The summed E-state index contributed by atoms with van der Waals surface area (Å²) in [5.74, 6) is -0.559. The Labute approximate surface area is 126 Å². The molecule has 1 aliphatic heterocycles. The zero-order valence-corrected chi connectivity index (χ0v) is 12.2. The molecule has 0 bridgehead atoms. The van der Waals surface area contributed by atoms with Gasteiger partial charge in [0, 0.05) is 32.2 Å². The number of nitriles is 1. The van der Waals surface area contributed by atoms with Gasteiger partial charge in [-0.1, -0.05) is 30.3 Å². The molecule has 4 heteroatoms. The highest BCUT2D eigenvalue weighted by molar-refractivity contribution is 5.81. The number of hydrogen-bond donors (Lipinski definition) is 0. The number of nitrogens with zero attached hydrogens (tertiary/aromatic N) is 3. The Balaban J connectivity index is 1.56. The van der Waals surface area contributed by atoms with Crippen LogP contribution in [-0.2, 0) is 11.2 Å². The summed E-state index contributed by atoms with van der Waals surface area (Å²) in [6, 6.07) is 12.7. The Morgan fingerprint density at radius 2 is 1.86 bits per heavy atom. The van der Waals surface area contributed by atoms with Gasteiger partial charge in [-0.3, -0.25) is 9.69 Å². The molecule has 1 heterocycles. The summed E-state index contributed by atoms with van der Waals surface area (Å²) in [7, 11) is 0. The van der Waals surface area contributed by atoms with E-state index in [4.69, 9.17) is 0 Å². The van der Waals surface area contributed by atoms with Gasteiger partial charge in [-0.2, -0.15) is 5.26 Å². The lowest BCUT2D eigenvalue weighted by Gasteiger charge is -2.35. The van der Waals surface area contributed by atoms with Crippen molar-refractivity contribution in [2.45, 2.75) is 25.3 Å². The van der Waals surface area contributed by atoms with Crippen LogP contribution in [0.25, 0.3) is 0 Å². The second-order valence-electron chi connectivity index (χ2n) is 5.96. The normalized spacial score (nSPS) is 20.8. The number of piperazine rings is 1. The molecular weight excluding hydrogens is 262 g/mol. The number of carbonyl (C=O) groups excluding carboxylic acids is 1. The summed E-state index contributed by atoms with van der Waals surface area (Å²) in [6.07, 6.45) is 3.13. The number of amides is 1. The van der Waals surface area contributed by atoms with Gasteiger partial charge in [0.2, 0.25) is 5.91 Å². The molecule has 0 spiro atoms. The zero-order valence-electron chi connectivity index (χ0n) is 12.2. The van der Waals surface area contributed by atoms with Gasteiger partial charge < -0.3 is 4.90 Å². The van der Waals surface area contributed by atoms with E-state index in [2.05, 4.69) is 11.0 Å². The van der Waals surface area contributed by atoms with Crippen LogP contribution in [0.4, 0.5) is 0 Å². The molecule has 0 radical (unpaired) electrons. The summed E-state index contributed by atoms with van der Waals surface area (Å²) < 4.78 is 0. The van der Waals surface area contributed by atoms with Crippen LogP contribution in [0.1, 0.15) is 18.4 Å². The molecule has 2 aliphatic rings. The summed E-state index contributed by atoms with van der Waals surface area (Å²) in [5, 5.41) is 9.33. The molecule has 0 aromatic heterocycles. The summed E-state index contributed by atoms with van der Waals surface area (Å²) >= 11 is 0. The fraction of sp³-hybridized carbons (Fsp3) is 0.529. The number of benzene rings is 1. The van der Waals surface area contributed by atoms with E-state index >= 15 is 0 Å². The van der Waals surface area contributed by atoms with Crippen molar-refractivity contribution in [2.75, 3.05) is 26.2 Å². The highest BCUT2D eigenvalue weighted by Gasteiger charge is 2.33. The van der Waals surface area contributed by atoms with Gasteiger partial charge in [0.15, 0.2) is 0 Å². The quantitative estimate of drug-likeness (QED) is 0.844. The molecule has 2 fully saturated rings. The van der Waals surface area contributed by atoms with Crippen LogP contribution >= 0.6 is 0 Å². The van der Waals surface area contributed by atoms with Crippen LogP contribution in [0.15, 0.2) is 30.3 Å². The molecule has 1 atom stereocenters. The predicted molar refractivity (Wildman–Crippen MR) is 80.4 cm³/mol. The fourth-order valence-corrected chi connectivity index (χ4v) is 3.01. The minimum absolute atomic E-state index is 0.00296. The Morgan fingerprint density at radius 3 is 2.43 bits per heavy atom. The third-order valence-electron chi connectivity index (χ3n) is 4.43. The smallest absolute Gasteiger partial charge is 0.240 e. The highest BCUT2D eigenvalue weighted by atomic mass is 16.2. The van der Waals surface area contributed by atoms with Crippen molar-refractivity contribution in [2.24, 2.45) is 5.92 Å². The van der Waals surface area contributed by atoms with Crippen molar-refractivity contribution in [3.05, 3.63) is 35.9 Å². The number of carbonyl (C=O) groups is 1. The van der Waals surface area contributed by atoms with Crippen molar-refractivity contribution < 1.29 is 4.79 Å². The lowest BCUT2D eigenvalue weighted by atomic mass is 9.99. The van der Waals surface area contributed by atoms with Crippen molar-refractivity contribution in [1.82, 2.24) is 9.80 Å². The third-order valence-corrected chi connectivity index (χ3v) is 4.43. The second kappa shape index (κ2) is 6.28. The summed E-state index contributed by atoms with van der Waals surface area (Å²) in [4.78, 5) is 16.9. The standard InChI is InChI=1S/C17H21N3O/c18-13-15(12-14-4-2-1-3-5-14)17(21)20-10-8-19(9-11-20)16-6-7-16/h1-5,15-16H,6-12H2. The minimum atomic E-state index is -0.556. The van der Waals surface area contributed by atoms with Crippen LogP contribution in [-0.4, -0.2) is 47.9 Å². The average molecular weight is 283 g/mol. The van der Waals surface area contributed by atoms with Crippen LogP contribution in [0.3, 0.4) is 0 Å². The van der Waals surface area contributed by atoms with E-state index in [1.54, 1.807) is 0 Å². The van der Waals surface area contributed by atoms with E-state index in [0.29, 0.717) is 6.42 Å². The molecule has 4 nitrogen and oxygen atoms in total. The molecule has 1 aromatic rings. The SMILES string of the molecule is N#CC(Cc1ccccc1)C(=O)N1CCN(C2CC2)CC1. The van der Waals surface area contributed by atoms with Crippen LogP contribution in [0, 0.1) is 17.2 Å². The first-order valence-electron chi connectivity index (χ1n) is 7.74. The molecular formula is C17H21N3O. The molecule has 0 N–H and O–H groups in total. The fourth-order valence-electron chi connectivity index (χ4n) is 3.01. The van der Waals surface area contributed by atoms with Crippen LogP contribution < -0.4 is 0 Å². The number of rotatable bonds is 4. The molecule has 110 valence electrons. The van der Waals surface area contributed by atoms with Crippen molar-refractivity contribution >= 4 is 5.91 Å². The summed E-state index contributed by atoms with van der Waals surface area (Å²) in [6.45, 7) is 3.45. The predicted octanol–water partition coefficient (Wildman–Crippen LogP) is 1.68. The first-order valence-corrected chi connectivity index (χ1v) is 7.74.